The zero-order chi connectivity index (χ0) is 17.1. The molecule has 6 nitrogen and oxygen atoms in total. The van der Waals surface area contributed by atoms with Crippen molar-refractivity contribution in [3.05, 3.63) is 63.2 Å². The predicted molar refractivity (Wildman–Crippen MR) is 89.8 cm³/mol. The molecule has 1 aliphatic heterocycles. The molecule has 0 aliphatic carbocycles. The monoisotopic (exact) mass is 350 g/mol. The van der Waals surface area contributed by atoms with Gasteiger partial charge in [-0.2, -0.15) is 4.39 Å². The van der Waals surface area contributed by atoms with Crippen molar-refractivity contribution in [3.63, 3.8) is 0 Å². The fourth-order valence-corrected chi connectivity index (χ4v) is 2.97. The number of hydrogen-bond donors (Lipinski definition) is 1. The van der Waals surface area contributed by atoms with Gasteiger partial charge in [-0.05, 0) is 30.2 Å². The maximum atomic E-state index is 12.9. The van der Waals surface area contributed by atoms with E-state index in [1.54, 1.807) is 18.2 Å². The molecular formula is C16H16ClFN4O2. The molecule has 1 saturated heterocycles. The fraction of sp³-hybridized carbons (Fsp3) is 0.312. The average Bonchev–Trinajstić information content (AvgIpc) is 3.03. The molecular weight excluding hydrogens is 335 g/mol. The molecule has 1 atom stereocenters. The summed E-state index contributed by atoms with van der Waals surface area (Å²) in [6.07, 6.45) is 2.47. The summed E-state index contributed by atoms with van der Waals surface area (Å²) < 4.78 is 12.9. The third-order valence-electron chi connectivity index (χ3n) is 4.07. The van der Waals surface area contributed by atoms with E-state index in [0.29, 0.717) is 6.54 Å². The molecule has 0 radical (unpaired) electrons. The number of pyridine rings is 1. The highest BCUT2D eigenvalue weighted by atomic mass is 35.5. The Morgan fingerprint density at radius 3 is 2.96 bits per heavy atom. The van der Waals surface area contributed by atoms with Crippen molar-refractivity contribution in [3.8, 4) is 0 Å². The normalized spacial score (nSPS) is 17.2. The Bertz CT molecular complexity index is 741. The van der Waals surface area contributed by atoms with Crippen molar-refractivity contribution in [1.82, 2.24) is 10.3 Å². The largest absolute Gasteiger partial charge is 0.369 e. The van der Waals surface area contributed by atoms with Gasteiger partial charge in [-0.25, -0.2) is 4.98 Å². The summed E-state index contributed by atoms with van der Waals surface area (Å²) in [6, 6.07) is 8.13. The lowest BCUT2D eigenvalue weighted by Crippen LogP contribution is -2.32. The van der Waals surface area contributed by atoms with Crippen molar-refractivity contribution in [1.29, 1.82) is 0 Å². The van der Waals surface area contributed by atoms with Crippen LogP contribution in [-0.2, 0) is 6.54 Å². The summed E-state index contributed by atoms with van der Waals surface area (Å²) in [5.74, 6) is -0.489. The number of nitro groups is 1. The molecule has 1 aromatic heterocycles. The predicted octanol–water partition coefficient (Wildman–Crippen LogP) is 3.15. The lowest BCUT2D eigenvalue weighted by molar-refractivity contribution is -0.384. The molecule has 1 aliphatic rings. The molecule has 3 rings (SSSR count). The van der Waals surface area contributed by atoms with E-state index in [0.717, 1.165) is 30.8 Å². The molecule has 1 N–H and O–H groups in total. The van der Waals surface area contributed by atoms with Crippen molar-refractivity contribution in [2.75, 3.05) is 18.0 Å². The number of halogens is 2. The van der Waals surface area contributed by atoms with Gasteiger partial charge in [0.1, 0.15) is 5.02 Å². The van der Waals surface area contributed by atoms with Crippen molar-refractivity contribution >= 4 is 23.0 Å². The molecule has 0 spiro atoms. The fourth-order valence-electron chi connectivity index (χ4n) is 2.79. The molecule has 2 aromatic rings. The number of aromatic nitrogens is 1. The lowest BCUT2D eigenvalue weighted by Gasteiger charge is -2.18. The molecule has 2 heterocycles. The lowest BCUT2D eigenvalue weighted by atomic mass is 10.2. The van der Waals surface area contributed by atoms with Gasteiger partial charge in [0.25, 0.3) is 5.69 Å². The van der Waals surface area contributed by atoms with Crippen LogP contribution in [0.4, 0.5) is 15.8 Å². The van der Waals surface area contributed by atoms with E-state index in [1.807, 2.05) is 0 Å². The first kappa shape index (κ1) is 16.6. The SMILES string of the molecule is O=[N+]([O-])c1cc(CNC2CCN(c3ccc(F)nc3)C2)ccc1Cl. The first-order valence-electron chi connectivity index (χ1n) is 7.55. The molecule has 24 heavy (non-hydrogen) atoms. The van der Waals surface area contributed by atoms with Gasteiger partial charge in [-0.3, -0.25) is 10.1 Å². The molecule has 1 aromatic carbocycles. The standard InChI is InChI=1S/C16H16ClFN4O2/c17-14-3-1-11(7-15(14)22(23)24)8-19-12-5-6-21(10-12)13-2-4-16(18)20-9-13/h1-4,7,9,12,19H,5-6,8,10H2. The van der Waals surface area contributed by atoms with Crippen LogP contribution in [0.2, 0.25) is 5.02 Å². The van der Waals surface area contributed by atoms with Crippen LogP contribution in [-0.4, -0.2) is 29.0 Å². The van der Waals surface area contributed by atoms with Gasteiger partial charge < -0.3 is 10.2 Å². The molecule has 8 heteroatoms. The van der Waals surface area contributed by atoms with Crippen LogP contribution < -0.4 is 10.2 Å². The maximum Gasteiger partial charge on any atom is 0.288 e. The summed E-state index contributed by atoms with van der Waals surface area (Å²) in [7, 11) is 0. The molecule has 0 amide bonds. The Kier molecular flexibility index (Phi) is 4.92. The highest BCUT2D eigenvalue weighted by Gasteiger charge is 2.22. The third kappa shape index (κ3) is 3.80. The van der Waals surface area contributed by atoms with E-state index >= 15 is 0 Å². The maximum absolute atomic E-state index is 12.9. The molecule has 1 unspecified atom stereocenters. The minimum absolute atomic E-state index is 0.0820. The quantitative estimate of drug-likeness (QED) is 0.509. The summed E-state index contributed by atoms with van der Waals surface area (Å²) in [6.45, 7) is 2.16. The first-order chi connectivity index (χ1) is 11.5. The number of hydrogen-bond acceptors (Lipinski definition) is 5. The van der Waals surface area contributed by atoms with Crippen LogP contribution in [0, 0.1) is 16.1 Å². The Balaban J connectivity index is 1.57. The second-order valence-electron chi connectivity index (χ2n) is 5.69. The van der Waals surface area contributed by atoms with Gasteiger partial charge in [0.2, 0.25) is 5.95 Å². The van der Waals surface area contributed by atoms with Gasteiger partial charge in [0.15, 0.2) is 0 Å². The van der Waals surface area contributed by atoms with Gasteiger partial charge in [-0.1, -0.05) is 17.7 Å². The van der Waals surface area contributed by atoms with Gasteiger partial charge in [-0.15, -0.1) is 0 Å². The molecule has 0 saturated carbocycles. The second kappa shape index (κ2) is 7.11. The van der Waals surface area contributed by atoms with Gasteiger partial charge in [0.05, 0.1) is 16.8 Å². The summed E-state index contributed by atoms with van der Waals surface area (Å²) in [5.41, 5.74) is 1.62. The highest BCUT2D eigenvalue weighted by Crippen LogP contribution is 2.25. The van der Waals surface area contributed by atoms with Crippen LogP contribution >= 0.6 is 11.6 Å². The van der Waals surface area contributed by atoms with E-state index in [2.05, 4.69) is 15.2 Å². The van der Waals surface area contributed by atoms with E-state index < -0.39 is 10.9 Å². The highest BCUT2D eigenvalue weighted by molar-refractivity contribution is 6.32. The average molecular weight is 351 g/mol. The van der Waals surface area contributed by atoms with E-state index in [9.17, 15) is 14.5 Å². The van der Waals surface area contributed by atoms with Gasteiger partial charge in [0, 0.05) is 31.7 Å². The Hall–Kier alpha value is -2.25. The zero-order valence-electron chi connectivity index (χ0n) is 12.8. The number of nitro benzene ring substituents is 1. The minimum Gasteiger partial charge on any atom is -0.369 e. The first-order valence-corrected chi connectivity index (χ1v) is 7.93. The van der Waals surface area contributed by atoms with E-state index in [4.69, 9.17) is 11.6 Å². The number of anilines is 1. The van der Waals surface area contributed by atoms with Crippen LogP contribution in [0.25, 0.3) is 0 Å². The van der Waals surface area contributed by atoms with Crippen LogP contribution in [0.15, 0.2) is 36.5 Å². The molecule has 126 valence electrons. The van der Waals surface area contributed by atoms with Crippen LogP contribution in [0.5, 0.6) is 0 Å². The summed E-state index contributed by atoms with van der Waals surface area (Å²) >= 11 is 5.82. The third-order valence-corrected chi connectivity index (χ3v) is 4.39. The second-order valence-corrected chi connectivity index (χ2v) is 6.10. The number of benzene rings is 1. The van der Waals surface area contributed by atoms with Crippen molar-refractivity contribution in [2.45, 2.75) is 19.0 Å². The molecule has 1 fully saturated rings. The van der Waals surface area contributed by atoms with Crippen molar-refractivity contribution in [2.24, 2.45) is 0 Å². The summed E-state index contributed by atoms with van der Waals surface area (Å²) in [4.78, 5) is 16.2. The molecule has 0 bridgehead atoms. The van der Waals surface area contributed by atoms with Crippen LogP contribution in [0.1, 0.15) is 12.0 Å². The summed E-state index contributed by atoms with van der Waals surface area (Å²) in [5, 5.41) is 14.5. The van der Waals surface area contributed by atoms with Gasteiger partial charge >= 0.3 is 0 Å². The smallest absolute Gasteiger partial charge is 0.288 e. The topological polar surface area (TPSA) is 71.3 Å². The Morgan fingerprint density at radius 1 is 1.42 bits per heavy atom. The zero-order valence-corrected chi connectivity index (χ0v) is 13.5. The number of nitrogens with zero attached hydrogens (tertiary/aromatic N) is 3. The Morgan fingerprint density at radius 2 is 2.25 bits per heavy atom. The van der Waals surface area contributed by atoms with Crippen LogP contribution in [0.3, 0.4) is 0 Å². The Labute approximate surface area is 143 Å². The number of rotatable bonds is 5. The van der Waals surface area contributed by atoms with E-state index in [-0.39, 0.29) is 16.8 Å². The minimum atomic E-state index is -0.489. The van der Waals surface area contributed by atoms with E-state index in [1.165, 1.54) is 18.3 Å². The number of nitrogens with one attached hydrogen (secondary N) is 1. The van der Waals surface area contributed by atoms with Crippen molar-refractivity contribution < 1.29 is 9.31 Å².